The Morgan fingerprint density at radius 3 is 2.57 bits per heavy atom. The Bertz CT molecular complexity index is 325. The molecule has 0 bridgehead atoms. The number of hydrogen-bond donors (Lipinski definition) is 1. The molecule has 0 radical (unpaired) electrons. The fraction of sp³-hybridized carbons (Fsp3) is 0.750. The Morgan fingerprint density at radius 2 is 2.14 bits per heavy atom. The zero-order chi connectivity index (χ0) is 10.8. The van der Waals surface area contributed by atoms with Crippen molar-refractivity contribution < 1.29 is 4.79 Å². The van der Waals surface area contributed by atoms with Gasteiger partial charge in [-0.2, -0.15) is 0 Å². The predicted octanol–water partition coefficient (Wildman–Crippen LogP) is -0.128. The van der Waals surface area contributed by atoms with Gasteiger partial charge in [0.05, 0.1) is 6.54 Å². The van der Waals surface area contributed by atoms with E-state index >= 15 is 0 Å². The maximum absolute atomic E-state index is 11.5. The zero-order valence-electron chi connectivity index (χ0n) is 8.90. The van der Waals surface area contributed by atoms with Gasteiger partial charge in [-0.1, -0.05) is 20.8 Å². The summed E-state index contributed by atoms with van der Waals surface area (Å²) >= 11 is 0. The van der Waals surface area contributed by atoms with Crippen molar-refractivity contribution in [2.24, 2.45) is 12.5 Å². The van der Waals surface area contributed by atoms with Crippen molar-refractivity contribution in [2.75, 3.05) is 0 Å². The van der Waals surface area contributed by atoms with E-state index in [0.717, 1.165) is 0 Å². The van der Waals surface area contributed by atoms with Crippen LogP contribution in [0, 0.1) is 5.41 Å². The van der Waals surface area contributed by atoms with Crippen molar-refractivity contribution in [1.29, 1.82) is 0 Å². The normalized spacial score (nSPS) is 11.4. The molecule has 0 spiro atoms. The quantitative estimate of drug-likeness (QED) is 0.717. The third-order valence-electron chi connectivity index (χ3n) is 1.80. The highest BCUT2D eigenvalue weighted by molar-refractivity contribution is 5.81. The average Bonchev–Trinajstić information content (AvgIpc) is 2.45. The van der Waals surface area contributed by atoms with Crippen molar-refractivity contribution in [3.63, 3.8) is 0 Å². The van der Waals surface area contributed by atoms with Gasteiger partial charge >= 0.3 is 0 Å². The molecule has 0 fully saturated rings. The number of rotatable bonds is 2. The molecule has 0 unspecified atom stereocenters. The molecule has 0 saturated heterocycles. The van der Waals surface area contributed by atoms with Crippen LogP contribution in [0.4, 0.5) is 0 Å². The Labute approximate surface area is 82.7 Å². The lowest BCUT2D eigenvalue weighted by atomic mass is 9.96. The molecule has 0 atom stereocenters. The Hall–Kier alpha value is -1.46. The molecule has 0 aromatic carbocycles. The summed E-state index contributed by atoms with van der Waals surface area (Å²) in [5.41, 5.74) is -0.383. The maximum Gasteiger partial charge on any atom is 0.225 e. The second kappa shape index (κ2) is 3.73. The molecule has 6 heteroatoms. The van der Waals surface area contributed by atoms with Crippen molar-refractivity contribution >= 4 is 5.91 Å². The second-order valence-electron chi connectivity index (χ2n) is 4.15. The van der Waals surface area contributed by atoms with Crippen LogP contribution in [0.2, 0.25) is 0 Å². The Balaban J connectivity index is 2.50. The summed E-state index contributed by atoms with van der Waals surface area (Å²) in [5.74, 6) is 0.628. The number of nitrogens with zero attached hydrogens (tertiary/aromatic N) is 4. The molecule has 1 heterocycles. The van der Waals surface area contributed by atoms with E-state index < -0.39 is 0 Å². The smallest absolute Gasteiger partial charge is 0.225 e. The van der Waals surface area contributed by atoms with E-state index in [1.54, 1.807) is 7.05 Å². The van der Waals surface area contributed by atoms with Gasteiger partial charge in [-0.15, -0.1) is 5.10 Å². The Kier molecular flexibility index (Phi) is 2.83. The minimum Gasteiger partial charge on any atom is -0.348 e. The standard InChI is InChI=1S/C8H15N5O/c1-8(2,3)7(14)9-5-6-10-11-12-13(6)4/h5H2,1-4H3,(H,9,14). The number of aryl methyl sites for hydroxylation is 1. The Morgan fingerprint density at radius 1 is 1.50 bits per heavy atom. The molecule has 1 N–H and O–H groups in total. The van der Waals surface area contributed by atoms with Crippen LogP contribution in [0.1, 0.15) is 26.6 Å². The number of hydrogen-bond acceptors (Lipinski definition) is 4. The highest BCUT2D eigenvalue weighted by Crippen LogP contribution is 2.12. The number of amides is 1. The molecule has 1 amide bonds. The molecule has 1 rings (SSSR count). The van der Waals surface area contributed by atoms with Crippen molar-refractivity contribution in [1.82, 2.24) is 25.5 Å². The number of carbonyl (C=O) groups excluding carboxylic acids is 1. The van der Waals surface area contributed by atoms with E-state index in [1.165, 1.54) is 4.68 Å². The van der Waals surface area contributed by atoms with E-state index in [4.69, 9.17) is 0 Å². The van der Waals surface area contributed by atoms with Gasteiger partial charge in [-0.3, -0.25) is 4.79 Å². The highest BCUT2D eigenvalue weighted by atomic mass is 16.2. The topological polar surface area (TPSA) is 72.7 Å². The largest absolute Gasteiger partial charge is 0.348 e. The van der Waals surface area contributed by atoms with Crippen molar-refractivity contribution in [3.05, 3.63) is 5.82 Å². The molecule has 0 saturated carbocycles. The molecule has 14 heavy (non-hydrogen) atoms. The number of carbonyl (C=O) groups is 1. The maximum atomic E-state index is 11.5. The molecule has 78 valence electrons. The van der Waals surface area contributed by atoms with E-state index in [9.17, 15) is 4.79 Å². The van der Waals surface area contributed by atoms with Crippen molar-refractivity contribution in [3.8, 4) is 0 Å². The fourth-order valence-electron chi connectivity index (χ4n) is 0.822. The predicted molar refractivity (Wildman–Crippen MR) is 50.1 cm³/mol. The molecule has 0 aliphatic rings. The van der Waals surface area contributed by atoms with Gasteiger partial charge < -0.3 is 5.32 Å². The lowest BCUT2D eigenvalue weighted by molar-refractivity contribution is -0.128. The van der Waals surface area contributed by atoms with Crippen LogP contribution in [0.5, 0.6) is 0 Å². The van der Waals surface area contributed by atoms with Crippen LogP contribution in [0.25, 0.3) is 0 Å². The van der Waals surface area contributed by atoms with Crippen LogP contribution < -0.4 is 5.32 Å². The first-order valence-corrected chi connectivity index (χ1v) is 4.41. The van der Waals surface area contributed by atoms with Crippen molar-refractivity contribution in [2.45, 2.75) is 27.3 Å². The van der Waals surface area contributed by atoms with E-state index in [2.05, 4.69) is 20.8 Å². The molecule has 0 aliphatic heterocycles. The number of nitrogens with one attached hydrogen (secondary N) is 1. The minimum absolute atomic E-state index is 0.0134. The molecular weight excluding hydrogens is 182 g/mol. The molecule has 6 nitrogen and oxygen atoms in total. The van der Waals surface area contributed by atoms with Gasteiger partial charge in [-0.25, -0.2) is 4.68 Å². The third kappa shape index (κ3) is 2.51. The second-order valence-corrected chi connectivity index (χ2v) is 4.15. The summed E-state index contributed by atoms with van der Waals surface area (Å²) in [4.78, 5) is 11.5. The monoisotopic (exact) mass is 197 g/mol. The zero-order valence-corrected chi connectivity index (χ0v) is 8.90. The van der Waals surface area contributed by atoms with Crippen LogP contribution in [0.3, 0.4) is 0 Å². The van der Waals surface area contributed by atoms with Gasteiger partial charge in [0.1, 0.15) is 0 Å². The van der Waals surface area contributed by atoms with Crippen LogP contribution in [0.15, 0.2) is 0 Å². The van der Waals surface area contributed by atoms with E-state index in [-0.39, 0.29) is 11.3 Å². The lowest BCUT2D eigenvalue weighted by Gasteiger charge is -2.16. The van der Waals surface area contributed by atoms with Gasteiger partial charge in [0.15, 0.2) is 5.82 Å². The summed E-state index contributed by atoms with van der Waals surface area (Å²) in [6.45, 7) is 5.94. The van der Waals surface area contributed by atoms with E-state index in [1.807, 2.05) is 20.8 Å². The first-order chi connectivity index (χ1) is 6.41. The third-order valence-corrected chi connectivity index (χ3v) is 1.80. The SMILES string of the molecule is Cn1nnnc1CNC(=O)C(C)(C)C. The molecule has 1 aromatic rings. The fourth-order valence-corrected chi connectivity index (χ4v) is 0.822. The van der Waals surface area contributed by atoms with Crippen LogP contribution in [-0.4, -0.2) is 26.1 Å². The summed E-state index contributed by atoms with van der Waals surface area (Å²) in [7, 11) is 1.73. The van der Waals surface area contributed by atoms with E-state index in [0.29, 0.717) is 12.4 Å². The lowest BCUT2D eigenvalue weighted by Crippen LogP contribution is -2.34. The van der Waals surface area contributed by atoms with Gasteiger partial charge in [0.25, 0.3) is 0 Å². The number of aromatic nitrogens is 4. The summed E-state index contributed by atoms with van der Waals surface area (Å²) in [6, 6.07) is 0. The first-order valence-electron chi connectivity index (χ1n) is 4.41. The van der Waals surface area contributed by atoms with Crippen LogP contribution >= 0.6 is 0 Å². The van der Waals surface area contributed by atoms with Crippen LogP contribution in [-0.2, 0) is 18.4 Å². The van der Waals surface area contributed by atoms with Gasteiger partial charge in [-0.05, 0) is 10.4 Å². The van der Waals surface area contributed by atoms with Gasteiger partial charge in [0.2, 0.25) is 5.91 Å². The average molecular weight is 197 g/mol. The number of tetrazole rings is 1. The first kappa shape index (κ1) is 10.6. The summed E-state index contributed by atoms with van der Waals surface area (Å²) in [6.07, 6.45) is 0. The van der Waals surface area contributed by atoms with Gasteiger partial charge in [0, 0.05) is 12.5 Å². The molecule has 0 aliphatic carbocycles. The summed E-state index contributed by atoms with van der Waals surface area (Å²) in [5, 5.41) is 13.7. The minimum atomic E-state index is -0.383. The highest BCUT2D eigenvalue weighted by Gasteiger charge is 2.21. The molecular formula is C8H15N5O. The molecule has 1 aromatic heterocycles. The summed E-state index contributed by atoms with van der Waals surface area (Å²) < 4.78 is 1.53.